The monoisotopic (exact) mass is 266 g/mol. The van der Waals surface area contributed by atoms with Gasteiger partial charge in [0.25, 0.3) is 0 Å². The number of hydrogen-bond donors (Lipinski definition) is 0. The normalized spacial score (nSPS) is 13.1. The SMILES string of the molecule is CCOC(=O)/C=C(/C)[C@H](F)COCc1ccccc1. The largest absolute Gasteiger partial charge is 0.463 e. The third-order valence-electron chi connectivity index (χ3n) is 2.50. The highest BCUT2D eigenvalue weighted by molar-refractivity contribution is 5.82. The van der Waals surface area contributed by atoms with Crippen LogP contribution in [0.2, 0.25) is 0 Å². The summed E-state index contributed by atoms with van der Waals surface area (Å²) >= 11 is 0. The molecule has 0 saturated carbocycles. The van der Waals surface area contributed by atoms with E-state index in [1.54, 1.807) is 13.8 Å². The first-order chi connectivity index (χ1) is 9.13. The number of alkyl halides is 1. The minimum Gasteiger partial charge on any atom is -0.463 e. The summed E-state index contributed by atoms with van der Waals surface area (Å²) in [6.45, 7) is 3.82. The number of carbonyl (C=O) groups excluding carboxylic acids is 1. The van der Waals surface area contributed by atoms with Crippen molar-refractivity contribution >= 4 is 5.97 Å². The molecule has 0 bridgehead atoms. The molecule has 1 aromatic rings. The lowest BCUT2D eigenvalue weighted by molar-refractivity contribution is -0.137. The smallest absolute Gasteiger partial charge is 0.330 e. The Morgan fingerprint density at radius 3 is 2.68 bits per heavy atom. The molecule has 19 heavy (non-hydrogen) atoms. The van der Waals surface area contributed by atoms with Crippen molar-refractivity contribution in [2.45, 2.75) is 26.6 Å². The second-order valence-electron chi connectivity index (χ2n) is 4.11. The Bertz CT molecular complexity index is 415. The van der Waals surface area contributed by atoms with Gasteiger partial charge >= 0.3 is 5.97 Å². The van der Waals surface area contributed by atoms with E-state index in [1.807, 2.05) is 30.3 Å². The highest BCUT2D eigenvalue weighted by Gasteiger charge is 2.11. The molecule has 0 amide bonds. The van der Waals surface area contributed by atoms with E-state index in [0.29, 0.717) is 12.2 Å². The van der Waals surface area contributed by atoms with Gasteiger partial charge in [-0.15, -0.1) is 0 Å². The molecule has 0 heterocycles. The van der Waals surface area contributed by atoms with Gasteiger partial charge in [0, 0.05) is 6.08 Å². The maximum Gasteiger partial charge on any atom is 0.330 e. The third-order valence-corrected chi connectivity index (χ3v) is 2.50. The molecule has 0 aliphatic carbocycles. The number of halogens is 1. The topological polar surface area (TPSA) is 35.5 Å². The zero-order valence-electron chi connectivity index (χ0n) is 11.3. The van der Waals surface area contributed by atoms with E-state index in [0.717, 1.165) is 5.56 Å². The van der Waals surface area contributed by atoms with Crippen molar-refractivity contribution in [1.29, 1.82) is 0 Å². The summed E-state index contributed by atoms with van der Waals surface area (Å²) in [5.41, 5.74) is 1.30. The summed E-state index contributed by atoms with van der Waals surface area (Å²) in [5, 5.41) is 0. The molecule has 0 spiro atoms. The molecule has 0 aliphatic rings. The Morgan fingerprint density at radius 2 is 2.05 bits per heavy atom. The third kappa shape index (κ3) is 6.15. The van der Waals surface area contributed by atoms with E-state index in [-0.39, 0.29) is 13.2 Å². The van der Waals surface area contributed by atoms with E-state index < -0.39 is 12.1 Å². The lowest BCUT2D eigenvalue weighted by Gasteiger charge is -2.10. The van der Waals surface area contributed by atoms with Crippen molar-refractivity contribution in [2.24, 2.45) is 0 Å². The summed E-state index contributed by atoms with van der Waals surface area (Å²) in [4.78, 5) is 11.1. The second-order valence-corrected chi connectivity index (χ2v) is 4.11. The van der Waals surface area contributed by atoms with Gasteiger partial charge in [-0.1, -0.05) is 30.3 Å². The predicted molar refractivity (Wildman–Crippen MR) is 71.4 cm³/mol. The van der Waals surface area contributed by atoms with Gasteiger partial charge in [-0.2, -0.15) is 0 Å². The first-order valence-corrected chi connectivity index (χ1v) is 6.24. The van der Waals surface area contributed by atoms with Gasteiger partial charge in [-0.3, -0.25) is 0 Å². The fraction of sp³-hybridized carbons (Fsp3) is 0.400. The molecule has 0 fully saturated rings. The standard InChI is InChI=1S/C15H19FO3/c1-3-19-15(17)9-12(2)14(16)11-18-10-13-7-5-4-6-8-13/h4-9,14H,3,10-11H2,1-2H3/b12-9-/t14-/m1/s1. The lowest BCUT2D eigenvalue weighted by Crippen LogP contribution is -2.13. The number of rotatable bonds is 7. The first-order valence-electron chi connectivity index (χ1n) is 6.24. The van der Waals surface area contributed by atoms with Crippen molar-refractivity contribution in [2.75, 3.05) is 13.2 Å². The van der Waals surface area contributed by atoms with Crippen molar-refractivity contribution in [3.63, 3.8) is 0 Å². The molecule has 0 saturated heterocycles. The predicted octanol–water partition coefficient (Wildman–Crippen LogP) is 3.05. The Hall–Kier alpha value is -1.68. The minimum atomic E-state index is -1.30. The van der Waals surface area contributed by atoms with Crippen LogP contribution in [0.1, 0.15) is 19.4 Å². The number of esters is 1. The molecule has 0 radical (unpaired) electrons. The Kier molecular flexibility index (Phi) is 6.82. The van der Waals surface area contributed by atoms with E-state index in [9.17, 15) is 9.18 Å². The molecule has 1 rings (SSSR count). The molecule has 0 N–H and O–H groups in total. The minimum absolute atomic E-state index is 0.0728. The number of benzene rings is 1. The molecular weight excluding hydrogens is 247 g/mol. The summed E-state index contributed by atoms with van der Waals surface area (Å²) < 4.78 is 23.7. The Morgan fingerprint density at radius 1 is 1.37 bits per heavy atom. The molecular formula is C15H19FO3. The van der Waals surface area contributed by atoms with Gasteiger partial charge in [-0.25, -0.2) is 9.18 Å². The van der Waals surface area contributed by atoms with Gasteiger partial charge < -0.3 is 9.47 Å². The molecule has 1 atom stereocenters. The van der Waals surface area contributed by atoms with Gasteiger partial charge in [0.1, 0.15) is 6.17 Å². The molecule has 0 aliphatic heterocycles. The molecule has 104 valence electrons. The van der Waals surface area contributed by atoms with Gasteiger partial charge in [0.2, 0.25) is 0 Å². The molecule has 1 aromatic carbocycles. The van der Waals surface area contributed by atoms with Crippen LogP contribution in [0.4, 0.5) is 4.39 Å². The van der Waals surface area contributed by atoms with E-state index in [2.05, 4.69) is 0 Å². The zero-order valence-corrected chi connectivity index (χ0v) is 11.3. The van der Waals surface area contributed by atoms with Crippen LogP contribution in [0, 0.1) is 0 Å². The Labute approximate surface area is 113 Å². The molecule has 4 heteroatoms. The zero-order chi connectivity index (χ0) is 14.1. The van der Waals surface area contributed by atoms with Crippen molar-refractivity contribution in [3.8, 4) is 0 Å². The second kappa shape index (κ2) is 8.43. The fourth-order valence-electron chi connectivity index (χ4n) is 1.45. The van der Waals surface area contributed by atoms with Crippen LogP contribution in [0.25, 0.3) is 0 Å². The summed E-state index contributed by atoms with van der Waals surface area (Å²) in [6.07, 6.45) is -0.131. The van der Waals surface area contributed by atoms with Crippen molar-refractivity contribution in [3.05, 3.63) is 47.5 Å². The average molecular weight is 266 g/mol. The van der Waals surface area contributed by atoms with Gasteiger partial charge in [0.05, 0.1) is 19.8 Å². The van der Waals surface area contributed by atoms with E-state index in [4.69, 9.17) is 9.47 Å². The van der Waals surface area contributed by atoms with Crippen molar-refractivity contribution < 1.29 is 18.7 Å². The average Bonchev–Trinajstić information content (AvgIpc) is 2.40. The van der Waals surface area contributed by atoms with Crippen LogP contribution in [0.15, 0.2) is 42.0 Å². The van der Waals surface area contributed by atoms with Gasteiger partial charge in [0.15, 0.2) is 0 Å². The summed E-state index contributed by atoms with van der Waals surface area (Å²) in [5.74, 6) is -0.522. The summed E-state index contributed by atoms with van der Waals surface area (Å²) in [6, 6.07) is 9.53. The maximum absolute atomic E-state index is 13.7. The number of ether oxygens (including phenoxy) is 2. The lowest BCUT2D eigenvalue weighted by atomic mass is 10.2. The van der Waals surface area contributed by atoms with Crippen molar-refractivity contribution in [1.82, 2.24) is 0 Å². The molecule has 3 nitrogen and oxygen atoms in total. The fourth-order valence-corrected chi connectivity index (χ4v) is 1.45. The van der Waals surface area contributed by atoms with Crippen LogP contribution in [0.5, 0.6) is 0 Å². The molecule has 0 aromatic heterocycles. The molecule has 0 unspecified atom stereocenters. The highest BCUT2D eigenvalue weighted by Crippen LogP contribution is 2.09. The number of hydrogen-bond acceptors (Lipinski definition) is 3. The number of carbonyl (C=O) groups is 1. The highest BCUT2D eigenvalue weighted by atomic mass is 19.1. The van der Waals surface area contributed by atoms with E-state index in [1.165, 1.54) is 6.08 Å². The first kappa shape index (κ1) is 15.4. The maximum atomic E-state index is 13.7. The summed E-state index contributed by atoms with van der Waals surface area (Å²) in [7, 11) is 0. The van der Waals surface area contributed by atoms with Crippen LogP contribution >= 0.6 is 0 Å². The van der Waals surface area contributed by atoms with Crippen LogP contribution in [0.3, 0.4) is 0 Å². The van der Waals surface area contributed by atoms with Crippen LogP contribution < -0.4 is 0 Å². The Balaban J connectivity index is 2.34. The quantitative estimate of drug-likeness (QED) is 0.562. The van der Waals surface area contributed by atoms with Crippen LogP contribution in [-0.4, -0.2) is 25.4 Å². The van der Waals surface area contributed by atoms with E-state index >= 15 is 0 Å². The van der Waals surface area contributed by atoms with Gasteiger partial charge in [-0.05, 0) is 25.0 Å². The van der Waals surface area contributed by atoms with Crippen LogP contribution in [-0.2, 0) is 20.9 Å².